The molecular formula is C12H17ClN2O4S2. The maximum absolute atomic E-state index is 12.3. The minimum atomic E-state index is -3.75. The average molecular weight is 353 g/mol. The summed E-state index contributed by atoms with van der Waals surface area (Å²) in [5.74, 6) is 0. The molecule has 0 saturated heterocycles. The Kier molecular flexibility index (Phi) is 4.63. The second kappa shape index (κ2) is 5.83. The van der Waals surface area contributed by atoms with Crippen molar-refractivity contribution in [3.63, 3.8) is 0 Å². The van der Waals surface area contributed by atoms with E-state index in [2.05, 4.69) is 18.6 Å². The fourth-order valence-corrected chi connectivity index (χ4v) is 5.38. The first-order chi connectivity index (χ1) is 9.61. The molecule has 21 heavy (non-hydrogen) atoms. The molecule has 1 aromatic heterocycles. The second-order valence-electron chi connectivity index (χ2n) is 6.04. The van der Waals surface area contributed by atoms with Crippen molar-refractivity contribution in [1.82, 2.24) is 4.72 Å². The molecule has 0 spiro atoms. The van der Waals surface area contributed by atoms with Gasteiger partial charge in [-0.3, -0.25) is 10.1 Å². The lowest BCUT2D eigenvalue weighted by atomic mass is 9.76. The van der Waals surface area contributed by atoms with Gasteiger partial charge in [0, 0.05) is 12.1 Å². The second-order valence-corrected chi connectivity index (χ2v) is 9.64. The van der Waals surface area contributed by atoms with Gasteiger partial charge in [0.1, 0.15) is 4.21 Å². The summed E-state index contributed by atoms with van der Waals surface area (Å²) in [7, 11) is -3.75. The van der Waals surface area contributed by atoms with Crippen LogP contribution in [0.25, 0.3) is 0 Å². The molecule has 0 aromatic carbocycles. The van der Waals surface area contributed by atoms with Crippen molar-refractivity contribution >= 4 is 38.6 Å². The van der Waals surface area contributed by atoms with Crippen LogP contribution in [-0.2, 0) is 10.0 Å². The highest BCUT2D eigenvalue weighted by Crippen LogP contribution is 2.38. The minimum Gasteiger partial charge on any atom is -0.258 e. The summed E-state index contributed by atoms with van der Waals surface area (Å²) in [6, 6.07) is 0.894. The monoisotopic (exact) mass is 352 g/mol. The van der Waals surface area contributed by atoms with E-state index in [1.807, 2.05) is 0 Å². The standard InChI is InChI=1S/C12H17ClN2O4S2/c1-12(2)5-3-8(4-6-12)14-21(18,19)10-7-9(15(16)17)11(13)20-10/h7-8,14H,3-6H2,1-2H3. The third-order valence-corrected chi connectivity index (χ3v) is 7.10. The fraction of sp³-hybridized carbons (Fsp3) is 0.667. The minimum absolute atomic E-state index is 0.107. The van der Waals surface area contributed by atoms with E-state index in [1.54, 1.807) is 0 Å². The van der Waals surface area contributed by atoms with Gasteiger partial charge in [-0.2, -0.15) is 0 Å². The van der Waals surface area contributed by atoms with Crippen molar-refractivity contribution in [3.8, 4) is 0 Å². The Balaban J connectivity index is 2.12. The molecule has 2 rings (SSSR count). The van der Waals surface area contributed by atoms with E-state index in [9.17, 15) is 18.5 Å². The zero-order valence-corrected chi connectivity index (χ0v) is 14.1. The Bertz CT molecular complexity index is 644. The summed E-state index contributed by atoms with van der Waals surface area (Å²) in [5, 5.41) is 10.7. The molecule has 0 bridgehead atoms. The van der Waals surface area contributed by atoms with Crippen LogP contribution in [0.5, 0.6) is 0 Å². The first-order valence-electron chi connectivity index (χ1n) is 6.57. The maximum atomic E-state index is 12.3. The Morgan fingerprint density at radius 2 is 2.00 bits per heavy atom. The first-order valence-corrected chi connectivity index (χ1v) is 9.24. The quantitative estimate of drug-likeness (QED) is 0.662. The zero-order valence-electron chi connectivity index (χ0n) is 11.8. The Morgan fingerprint density at radius 1 is 1.43 bits per heavy atom. The maximum Gasteiger partial charge on any atom is 0.300 e. The van der Waals surface area contributed by atoms with E-state index in [-0.39, 0.29) is 25.7 Å². The van der Waals surface area contributed by atoms with Gasteiger partial charge in [0.25, 0.3) is 15.7 Å². The van der Waals surface area contributed by atoms with Crippen LogP contribution in [0.1, 0.15) is 39.5 Å². The number of rotatable bonds is 4. The molecule has 1 N–H and O–H groups in total. The van der Waals surface area contributed by atoms with E-state index in [1.165, 1.54) is 0 Å². The summed E-state index contributed by atoms with van der Waals surface area (Å²) in [4.78, 5) is 10.1. The van der Waals surface area contributed by atoms with Gasteiger partial charge in [0.15, 0.2) is 4.34 Å². The van der Waals surface area contributed by atoms with Gasteiger partial charge in [0.05, 0.1) is 4.92 Å². The third kappa shape index (κ3) is 3.94. The SMILES string of the molecule is CC1(C)CCC(NS(=O)(=O)c2cc([N+](=O)[O-])c(Cl)s2)CC1. The Morgan fingerprint density at radius 3 is 2.48 bits per heavy atom. The number of nitro groups is 1. The van der Waals surface area contributed by atoms with Crippen LogP contribution in [-0.4, -0.2) is 19.4 Å². The molecular weight excluding hydrogens is 336 g/mol. The van der Waals surface area contributed by atoms with Crippen LogP contribution in [0.2, 0.25) is 4.34 Å². The number of nitrogens with one attached hydrogen (secondary N) is 1. The van der Waals surface area contributed by atoms with Gasteiger partial charge in [-0.1, -0.05) is 25.4 Å². The summed E-state index contributed by atoms with van der Waals surface area (Å²) >= 11 is 6.42. The molecule has 0 amide bonds. The van der Waals surface area contributed by atoms with Crippen molar-refractivity contribution in [1.29, 1.82) is 0 Å². The zero-order chi connectivity index (χ0) is 15.8. The fourth-order valence-electron chi connectivity index (χ4n) is 2.39. The molecule has 1 aromatic rings. The van der Waals surface area contributed by atoms with Gasteiger partial charge >= 0.3 is 0 Å². The lowest BCUT2D eigenvalue weighted by Gasteiger charge is -2.34. The van der Waals surface area contributed by atoms with Crippen LogP contribution in [0.15, 0.2) is 10.3 Å². The van der Waals surface area contributed by atoms with Gasteiger partial charge in [0.2, 0.25) is 0 Å². The Hall–Kier alpha value is -0.700. The summed E-state index contributed by atoms with van der Waals surface area (Å²) in [6.45, 7) is 4.33. The molecule has 0 unspecified atom stereocenters. The lowest BCUT2D eigenvalue weighted by molar-refractivity contribution is -0.384. The predicted octanol–water partition coefficient (Wildman–Crippen LogP) is 3.56. The third-order valence-electron chi connectivity index (χ3n) is 3.77. The molecule has 1 fully saturated rings. The number of hydrogen-bond donors (Lipinski definition) is 1. The number of sulfonamides is 1. The smallest absolute Gasteiger partial charge is 0.258 e. The molecule has 118 valence electrons. The summed E-state index contributed by atoms with van der Waals surface area (Å²) in [6.07, 6.45) is 3.44. The predicted molar refractivity (Wildman–Crippen MR) is 82.3 cm³/mol. The average Bonchev–Trinajstić information content (AvgIpc) is 2.75. The van der Waals surface area contributed by atoms with Gasteiger partial charge in [-0.25, -0.2) is 13.1 Å². The highest BCUT2D eigenvalue weighted by Gasteiger charge is 2.31. The molecule has 1 aliphatic rings. The lowest BCUT2D eigenvalue weighted by Crippen LogP contribution is -2.38. The summed E-state index contributed by atoms with van der Waals surface area (Å²) < 4.78 is 26.9. The summed E-state index contributed by atoms with van der Waals surface area (Å²) in [5.41, 5.74) is -0.126. The normalized spacial score (nSPS) is 19.6. The number of thiophene rings is 1. The van der Waals surface area contributed by atoms with E-state index >= 15 is 0 Å². The molecule has 0 radical (unpaired) electrons. The molecule has 9 heteroatoms. The van der Waals surface area contributed by atoms with Crippen LogP contribution in [0, 0.1) is 15.5 Å². The number of hydrogen-bond acceptors (Lipinski definition) is 5. The van der Waals surface area contributed by atoms with E-state index in [0.717, 1.165) is 31.7 Å². The van der Waals surface area contributed by atoms with E-state index < -0.39 is 14.9 Å². The van der Waals surface area contributed by atoms with Crippen LogP contribution < -0.4 is 4.72 Å². The largest absolute Gasteiger partial charge is 0.300 e. The Labute approximate surface area is 132 Å². The highest BCUT2D eigenvalue weighted by atomic mass is 35.5. The van der Waals surface area contributed by atoms with Crippen molar-refractivity contribution in [2.75, 3.05) is 0 Å². The van der Waals surface area contributed by atoms with E-state index in [0.29, 0.717) is 11.3 Å². The topological polar surface area (TPSA) is 89.3 Å². The van der Waals surface area contributed by atoms with Crippen LogP contribution in [0.3, 0.4) is 0 Å². The molecule has 1 saturated carbocycles. The van der Waals surface area contributed by atoms with E-state index in [4.69, 9.17) is 11.6 Å². The van der Waals surface area contributed by atoms with Gasteiger partial charge in [-0.05, 0) is 31.1 Å². The van der Waals surface area contributed by atoms with Crippen molar-refractivity contribution < 1.29 is 13.3 Å². The molecule has 1 aliphatic carbocycles. The molecule has 0 atom stereocenters. The van der Waals surface area contributed by atoms with Crippen LogP contribution in [0.4, 0.5) is 5.69 Å². The van der Waals surface area contributed by atoms with Crippen molar-refractivity contribution in [2.45, 2.75) is 49.8 Å². The highest BCUT2D eigenvalue weighted by molar-refractivity contribution is 7.91. The van der Waals surface area contributed by atoms with Crippen LogP contribution >= 0.6 is 22.9 Å². The first kappa shape index (κ1) is 16.7. The molecule has 6 nitrogen and oxygen atoms in total. The van der Waals surface area contributed by atoms with Crippen molar-refractivity contribution in [2.24, 2.45) is 5.41 Å². The number of halogens is 1. The van der Waals surface area contributed by atoms with Gasteiger partial charge in [-0.15, -0.1) is 11.3 Å². The molecule has 1 heterocycles. The number of nitrogens with zero attached hydrogens (tertiary/aromatic N) is 1. The molecule has 0 aliphatic heterocycles. The van der Waals surface area contributed by atoms with Gasteiger partial charge < -0.3 is 0 Å². The van der Waals surface area contributed by atoms with Crippen molar-refractivity contribution in [3.05, 3.63) is 20.5 Å².